The van der Waals surface area contributed by atoms with E-state index < -0.39 is 0 Å². The van der Waals surface area contributed by atoms with Crippen molar-refractivity contribution in [3.63, 3.8) is 0 Å². The molecule has 1 aliphatic heterocycles. The molecule has 1 heterocycles. The van der Waals surface area contributed by atoms with Gasteiger partial charge in [-0.05, 0) is 57.0 Å². The van der Waals surface area contributed by atoms with E-state index in [2.05, 4.69) is 31.0 Å². The van der Waals surface area contributed by atoms with E-state index in [9.17, 15) is 0 Å². The second kappa shape index (κ2) is 7.08. The number of hydrogen-bond acceptors (Lipinski definition) is 2. The minimum atomic E-state index is 0.566. The largest absolute Gasteiger partial charge is 0.313 e. The lowest BCUT2D eigenvalue weighted by molar-refractivity contribution is 0.0863. The fraction of sp³-hybridized carbons (Fsp3) is 1.00. The molecule has 0 amide bonds. The van der Waals surface area contributed by atoms with Gasteiger partial charge in [-0.3, -0.25) is 4.90 Å². The Bertz CT molecular complexity index is 256. The fourth-order valence-corrected chi connectivity index (χ4v) is 3.95. The van der Waals surface area contributed by atoms with Gasteiger partial charge in [0.05, 0.1) is 0 Å². The molecule has 2 heteroatoms. The molecule has 2 atom stereocenters. The Hall–Kier alpha value is -0.0800. The van der Waals surface area contributed by atoms with Gasteiger partial charge in [0.15, 0.2) is 0 Å². The second-order valence-corrected chi connectivity index (χ2v) is 7.56. The molecule has 0 aromatic carbocycles. The maximum atomic E-state index is 3.68. The van der Waals surface area contributed by atoms with Gasteiger partial charge in [-0.15, -0.1) is 0 Å². The predicted molar refractivity (Wildman–Crippen MR) is 83.5 cm³/mol. The van der Waals surface area contributed by atoms with Crippen LogP contribution in [0.2, 0.25) is 0 Å². The van der Waals surface area contributed by atoms with Crippen molar-refractivity contribution >= 4 is 0 Å². The summed E-state index contributed by atoms with van der Waals surface area (Å²) in [5.41, 5.74) is 0.566. The molecule has 1 N–H and O–H groups in total. The van der Waals surface area contributed by atoms with Gasteiger partial charge in [-0.25, -0.2) is 0 Å². The quantitative estimate of drug-likeness (QED) is 0.786. The van der Waals surface area contributed by atoms with Crippen molar-refractivity contribution in [2.45, 2.75) is 84.2 Å². The summed E-state index contributed by atoms with van der Waals surface area (Å²) < 4.78 is 0. The first-order valence-electron chi connectivity index (χ1n) is 8.58. The molecule has 2 aliphatic rings. The standard InChI is InChI=1S/C17H34N2/c1-4-5-12-19(14-15-8-7-11-18-15)16-9-6-10-17(2,3)13-16/h15-16,18H,4-14H2,1-3H3. The highest BCUT2D eigenvalue weighted by molar-refractivity contribution is 4.88. The zero-order valence-corrected chi connectivity index (χ0v) is 13.4. The Balaban J connectivity index is 1.91. The maximum absolute atomic E-state index is 3.68. The van der Waals surface area contributed by atoms with Crippen LogP contribution in [0.15, 0.2) is 0 Å². The van der Waals surface area contributed by atoms with Crippen molar-refractivity contribution in [2.75, 3.05) is 19.6 Å². The van der Waals surface area contributed by atoms with Gasteiger partial charge in [-0.2, -0.15) is 0 Å². The van der Waals surface area contributed by atoms with E-state index in [4.69, 9.17) is 0 Å². The molecule has 2 unspecified atom stereocenters. The van der Waals surface area contributed by atoms with Crippen molar-refractivity contribution in [2.24, 2.45) is 5.41 Å². The van der Waals surface area contributed by atoms with Crippen LogP contribution in [0.5, 0.6) is 0 Å². The van der Waals surface area contributed by atoms with Gasteiger partial charge in [0.2, 0.25) is 0 Å². The molecular weight excluding hydrogens is 232 g/mol. The Morgan fingerprint density at radius 3 is 2.68 bits per heavy atom. The highest BCUT2D eigenvalue weighted by atomic mass is 15.2. The van der Waals surface area contributed by atoms with Gasteiger partial charge < -0.3 is 5.32 Å². The van der Waals surface area contributed by atoms with E-state index in [-0.39, 0.29) is 0 Å². The lowest BCUT2D eigenvalue weighted by Crippen LogP contribution is -2.46. The van der Waals surface area contributed by atoms with Crippen LogP contribution in [-0.4, -0.2) is 36.6 Å². The molecule has 2 rings (SSSR count). The van der Waals surface area contributed by atoms with E-state index in [1.807, 2.05) is 0 Å². The summed E-state index contributed by atoms with van der Waals surface area (Å²) in [6.07, 6.45) is 11.1. The summed E-state index contributed by atoms with van der Waals surface area (Å²) in [7, 11) is 0. The summed E-state index contributed by atoms with van der Waals surface area (Å²) in [4.78, 5) is 2.83. The molecule has 1 aliphatic carbocycles. The van der Waals surface area contributed by atoms with Crippen LogP contribution in [0, 0.1) is 5.41 Å². The third-order valence-electron chi connectivity index (χ3n) is 5.11. The van der Waals surface area contributed by atoms with Crippen molar-refractivity contribution in [1.29, 1.82) is 0 Å². The van der Waals surface area contributed by atoms with Crippen molar-refractivity contribution in [1.82, 2.24) is 10.2 Å². The van der Waals surface area contributed by atoms with Crippen LogP contribution in [0.4, 0.5) is 0 Å². The van der Waals surface area contributed by atoms with Crippen LogP contribution >= 0.6 is 0 Å². The van der Waals surface area contributed by atoms with Crippen molar-refractivity contribution in [3.05, 3.63) is 0 Å². The van der Waals surface area contributed by atoms with E-state index >= 15 is 0 Å². The topological polar surface area (TPSA) is 15.3 Å². The monoisotopic (exact) mass is 266 g/mol. The Labute approximate surface area is 120 Å². The summed E-state index contributed by atoms with van der Waals surface area (Å²) >= 11 is 0. The third kappa shape index (κ3) is 4.75. The maximum Gasteiger partial charge on any atom is 0.0195 e. The van der Waals surface area contributed by atoms with E-state index in [0.717, 1.165) is 12.1 Å². The normalized spacial score (nSPS) is 30.9. The first kappa shape index (κ1) is 15.3. The molecule has 2 fully saturated rings. The SMILES string of the molecule is CCCCN(CC1CCCN1)C1CCCC(C)(C)C1. The Kier molecular flexibility index (Phi) is 5.70. The van der Waals surface area contributed by atoms with Crippen molar-refractivity contribution in [3.8, 4) is 0 Å². The van der Waals surface area contributed by atoms with Gasteiger partial charge >= 0.3 is 0 Å². The smallest absolute Gasteiger partial charge is 0.0195 e. The Morgan fingerprint density at radius 2 is 2.05 bits per heavy atom. The molecule has 0 bridgehead atoms. The second-order valence-electron chi connectivity index (χ2n) is 7.56. The zero-order valence-electron chi connectivity index (χ0n) is 13.4. The van der Waals surface area contributed by atoms with Crippen molar-refractivity contribution < 1.29 is 0 Å². The molecular formula is C17H34N2. The molecule has 2 nitrogen and oxygen atoms in total. The molecule has 0 aromatic heterocycles. The first-order chi connectivity index (χ1) is 9.11. The lowest BCUT2D eigenvalue weighted by atomic mass is 9.74. The number of nitrogens with one attached hydrogen (secondary N) is 1. The first-order valence-corrected chi connectivity index (χ1v) is 8.58. The molecule has 1 saturated heterocycles. The third-order valence-corrected chi connectivity index (χ3v) is 5.11. The average Bonchev–Trinajstić information content (AvgIpc) is 2.86. The molecule has 0 spiro atoms. The minimum absolute atomic E-state index is 0.566. The van der Waals surface area contributed by atoms with Crippen LogP contribution < -0.4 is 5.32 Å². The summed E-state index contributed by atoms with van der Waals surface area (Å²) in [6.45, 7) is 11.1. The molecule has 112 valence electrons. The number of unbranched alkanes of at least 4 members (excludes halogenated alkanes) is 1. The number of hydrogen-bond donors (Lipinski definition) is 1. The van der Waals surface area contributed by atoms with Crippen LogP contribution in [-0.2, 0) is 0 Å². The van der Waals surface area contributed by atoms with Crippen LogP contribution in [0.3, 0.4) is 0 Å². The number of rotatable bonds is 6. The van der Waals surface area contributed by atoms with Gasteiger partial charge in [0.1, 0.15) is 0 Å². The average molecular weight is 266 g/mol. The minimum Gasteiger partial charge on any atom is -0.313 e. The van der Waals surface area contributed by atoms with Gasteiger partial charge in [0.25, 0.3) is 0 Å². The van der Waals surface area contributed by atoms with Gasteiger partial charge in [0, 0.05) is 18.6 Å². The van der Waals surface area contributed by atoms with E-state index in [1.54, 1.807) is 0 Å². The molecule has 1 saturated carbocycles. The number of nitrogens with zero attached hydrogens (tertiary/aromatic N) is 1. The highest BCUT2D eigenvalue weighted by Crippen LogP contribution is 2.37. The van der Waals surface area contributed by atoms with Gasteiger partial charge in [-0.1, -0.05) is 33.6 Å². The van der Waals surface area contributed by atoms with Crippen LogP contribution in [0.1, 0.15) is 72.1 Å². The fourth-order valence-electron chi connectivity index (χ4n) is 3.95. The summed E-state index contributed by atoms with van der Waals surface area (Å²) in [5, 5.41) is 3.68. The van der Waals surface area contributed by atoms with E-state index in [1.165, 1.54) is 71.0 Å². The Morgan fingerprint density at radius 1 is 1.21 bits per heavy atom. The highest BCUT2D eigenvalue weighted by Gasteiger charge is 2.32. The molecule has 19 heavy (non-hydrogen) atoms. The zero-order chi connectivity index (χ0) is 13.7. The summed E-state index contributed by atoms with van der Waals surface area (Å²) in [6, 6.07) is 1.61. The molecule has 0 radical (unpaired) electrons. The van der Waals surface area contributed by atoms with Crippen LogP contribution in [0.25, 0.3) is 0 Å². The predicted octanol–water partition coefficient (Wildman–Crippen LogP) is 3.81. The van der Waals surface area contributed by atoms with E-state index in [0.29, 0.717) is 5.41 Å². The summed E-state index contributed by atoms with van der Waals surface area (Å²) in [5.74, 6) is 0. The lowest BCUT2D eigenvalue weighted by Gasteiger charge is -2.42. The molecule has 0 aromatic rings.